The molecular weight excluding hydrogens is 228 g/mol. The summed E-state index contributed by atoms with van der Waals surface area (Å²) in [5.41, 5.74) is 4.94. The highest BCUT2D eigenvalue weighted by Gasteiger charge is 2.18. The number of hydrogen-bond donors (Lipinski definition) is 0. The lowest BCUT2D eigenvalue weighted by molar-refractivity contribution is 1.50. The third-order valence-electron chi connectivity index (χ3n) is 3.07. The summed E-state index contributed by atoms with van der Waals surface area (Å²) >= 11 is 0. The van der Waals surface area contributed by atoms with E-state index in [0.29, 0.717) is 0 Å². The molecule has 3 rings (SSSR count). The topological polar surface area (TPSA) is 0 Å². The Balaban J connectivity index is 0.000000415. The van der Waals surface area contributed by atoms with Gasteiger partial charge in [-0.2, -0.15) is 0 Å². The largest absolute Gasteiger partial charge is 0.0949 e. The standard InChI is InChI=1S/C15H12.2C2H6/c1-10-7-11(2)15-9-13-6-4-3-5-12(13)8-14(10)15;2*1-2/h3-6,8-9H,1-2,7H2;2*1-2H3. The van der Waals surface area contributed by atoms with Crippen LogP contribution in [0, 0.1) is 0 Å². The fourth-order valence-corrected chi connectivity index (χ4v) is 2.27. The fourth-order valence-electron chi connectivity index (χ4n) is 2.27. The van der Waals surface area contributed by atoms with Crippen LogP contribution < -0.4 is 0 Å². The molecule has 0 nitrogen and oxygen atoms in total. The number of fused-ring (bicyclic) bond motifs is 2. The molecule has 19 heavy (non-hydrogen) atoms. The molecule has 2 aromatic carbocycles. The van der Waals surface area contributed by atoms with Crippen LogP contribution in [0.2, 0.25) is 0 Å². The minimum Gasteiger partial charge on any atom is -0.0949 e. The Morgan fingerprint density at radius 2 is 1.11 bits per heavy atom. The lowest BCUT2D eigenvalue weighted by Crippen LogP contribution is -1.81. The van der Waals surface area contributed by atoms with Gasteiger partial charge in [0.25, 0.3) is 0 Å². The van der Waals surface area contributed by atoms with Crippen LogP contribution in [0.4, 0.5) is 0 Å². The Hall–Kier alpha value is -1.82. The monoisotopic (exact) mass is 252 g/mol. The molecule has 0 amide bonds. The van der Waals surface area contributed by atoms with Gasteiger partial charge in [-0.15, -0.1) is 0 Å². The second kappa shape index (κ2) is 6.94. The molecule has 0 spiro atoms. The summed E-state index contributed by atoms with van der Waals surface area (Å²) in [6, 6.07) is 12.9. The van der Waals surface area contributed by atoms with E-state index in [1.807, 2.05) is 27.7 Å². The van der Waals surface area contributed by atoms with Gasteiger partial charge in [-0.05, 0) is 51.6 Å². The third-order valence-corrected chi connectivity index (χ3v) is 3.07. The Labute approximate surface area is 117 Å². The molecule has 0 saturated carbocycles. The molecule has 0 heteroatoms. The van der Waals surface area contributed by atoms with Gasteiger partial charge in [0, 0.05) is 0 Å². The van der Waals surface area contributed by atoms with Crippen LogP contribution in [-0.2, 0) is 0 Å². The van der Waals surface area contributed by atoms with E-state index in [4.69, 9.17) is 0 Å². The molecular formula is C19H24. The minimum absolute atomic E-state index is 0.922. The van der Waals surface area contributed by atoms with E-state index in [1.165, 1.54) is 33.0 Å². The first-order valence-electron chi connectivity index (χ1n) is 7.15. The predicted molar refractivity (Wildman–Crippen MR) is 89.3 cm³/mol. The second-order valence-electron chi connectivity index (χ2n) is 4.13. The summed E-state index contributed by atoms with van der Waals surface area (Å²) in [7, 11) is 0. The van der Waals surface area contributed by atoms with Crippen molar-refractivity contribution >= 4 is 21.9 Å². The van der Waals surface area contributed by atoms with E-state index >= 15 is 0 Å². The van der Waals surface area contributed by atoms with Gasteiger partial charge in [-0.25, -0.2) is 0 Å². The summed E-state index contributed by atoms with van der Waals surface area (Å²) in [5, 5.41) is 2.57. The molecule has 0 bridgehead atoms. The summed E-state index contributed by atoms with van der Waals surface area (Å²) < 4.78 is 0. The van der Waals surface area contributed by atoms with Gasteiger partial charge in [0.1, 0.15) is 0 Å². The van der Waals surface area contributed by atoms with Crippen molar-refractivity contribution in [3.63, 3.8) is 0 Å². The highest BCUT2D eigenvalue weighted by Crippen LogP contribution is 2.40. The summed E-state index contributed by atoms with van der Waals surface area (Å²) in [4.78, 5) is 0. The molecule has 0 aliphatic heterocycles. The van der Waals surface area contributed by atoms with Crippen LogP contribution in [0.3, 0.4) is 0 Å². The van der Waals surface area contributed by atoms with Crippen molar-refractivity contribution in [2.24, 2.45) is 0 Å². The number of hydrogen-bond acceptors (Lipinski definition) is 0. The molecule has 0 atom stereocenters. The zero-order valence-corrected chi connectivity index (χ0v) is 12.6. The Bertz CT molecular complexity index is 536. The highest BCUT2D eigenvalue weighted by atomic mass is 14.2. The first-order chi connectivity index (χ1) is 9.25. The maximum Gasteiger partial charge on any atom is -0.00252 e. The maximum absolute atomic E-state index is 4.09. The van der Waals surface area contributed by atoms with Crippen molar-refractivity contribution in [1.82, 2.24) is 0 Å². The van der Waals surface area contributed by atoms with E-state index in [-0.39, 0.29) is 0 Å². The molecule has 1 aliphatic rings. The fraction of sp³-hybridized carbons (Fsp3) is 0.263. The zero-order valence-electron chi connectivity index (χ0n) is 12.6. The summed E-state index contributed by atoms with van der Waals surface area (Å²) in [6.07, 6.45) is 0.922. The smallest absolute Gasteiger partial charge is 0.00252 e. The lowest BCUT2D eigenvalue weighted by atomic mass is 10.0. The van der Waals surface area contributed by atoms with E-state index in [0.717, 1.165) is 6.42 Å². The van der Waals surface area contributed by atoms with Crippen LogP contribution in [0.25, 0.3) is 21.9 Å². The summed E-state index contributed by atoms with van der Waals surface area (Å²) in [5.74, 6) is 0. The highest BCUT2D eigenvalue weighted by molar-refractivity contribution is 5.98. The molecule has 2 aromatic rings. The van der Waals surface area contributed by atoms with Gasteiger partial charge in [-0.1, -0.05) is 65.1 Å². The number of allylic oxidation sites excluding steroid dienone is 2. The average molecular weight is 252 g/mol. The van der Waals surface area contributed by atoms with Crippen LogP contribution in [-0.4, -0.2) is 0 Å². The molecule has 0 saturated heterocycles. The Kier molecular flexibility index (Phi) is 5.57. The quantitative estimate of drug-likeness (QED) is 0.514. The van der Waals surface area contributed by atoms with Crippen molar-refractivity contribution in [2.75, 3.05) is 0 Å². The molecule has 0 fully saturated rings. The first-order valence-corrected chi connectivity index (χ1v) is 7.15. The molecule has 0 heterocycles. The van der Waals surface area contributed by atoms with E-state index in [9.17, 15) is 0 Å². The predicted octanol–water partition coefficient (Wildman–Crippen LogP) is 6.32. The van der Waals surface area contributed by atoms with Gasteiger partial charge >= 0.3 is 0 Å². The van der Waals surface area contributed by atoms with E-state index < -0.39 is 0 Å². The van der Waals surface area contributed by atoms with E-state index in [2.05, 4.69) is 49.6 Å². The molecule has 0 aromatic heterocycles. The average Bonchev–Trinajstić information content (AvgIpc) is 2.76. The number of benzene rings is 2. The van der Waals surface area contributed by atoms with E-state index in [1.54, 1.807) is 0 Å². The third kappa shape index (κ3) is 2.96. The van der Waals surface area contributed by atoms with Gasteiger partial charge in [0.15, 0.2) is 0 Å². The van der Waals surface area contributed by atoms with Crippen LogP contribution in [0.1, 0.15) is 45.2 Å². The van der Waals surface area contributed by atoms with Crippen molar-refractivity contribution < 1.29 is 0 Å². The molecule has 0 unspecified atom stereocenters. The maximum atomic E-state index is 4.09. The molecule has 1 aliphatic carbocycles. The van der Waals surface area contributed by atoms with Crippen molar-refractivity contribution in [2.45, 2.75) is 34.1 Å². The van der Waals surface area contributed by atoms with Gasteiger partial charge < -0.3 is 0 Å². The van der Waals surface area contributed by atoms with Crippen LogP contribution in [0.15, 0.2) is 49.6 Å². The molecule has 0 radical (unpaired) electrons. The van der Waals surface area contributed by atoms with Crippen molar-refractivity contribution in [3.8, 4) is 0 Å². The van der Waals surface area contributed by atoms with Crippen LogP contribution in [0.5, 0.6) is 0 Å². The first kappa shape index (κ1) is 15.2. The van der Waals surface area contributed by atoms with Crippen molar-refractivity contribution in [1.29, 1.82) is 0 Å². The summed E-state index contributed by atoms with van der Waals surface area (Å²) in [6.45, 7) is 16.2. The zero-order chi connectivity index (χ0) is 14.4. The van der Waals surface area contributed by atoms with Gasteiger partial charge in [0.2, 0.25) is 0 Å². The van der Waals surface area contributed by atoms with Crippen molar-refractivity contribution in [3.05, 3.63) is 60.7 Å². The Morgan fingerprint density at radius 1 is 0.737 bits per heavy atom. The minimum atomic E-state index is 0.922. The second-order valence-corrected chi connectivity index (χ2v) is 4.13. The molecule has 0 N–H and O–H groups in total. The van der Waals surface area contributed by atoms with Gasteiger partial charge in [0.05, 0.1) is 0 Å². The normalized spacial score (nSPS) is 12.2. The number of rotatable bonds is 0. The Morgan fingerprint density at radius 3 is 1.47 bits per heavy atom. The van der Waals surface area contributed by atoms with Gasteiger partial charge in [-0.3, -0.25) is 0 Å². The molecule has 100 valence electrons. The lowest BCUT2D eigenvalue weighted by Gasteiger charge is -2.03. The van der Waals surface area contributed by atoms with Crippen LogP contribution >= 0.6 is 0 Å². The SMILES string of the molecule is C=C1CC(=C)c2cc3ccccc3cc21.CC.CC.